The van der Waals surface area contributed by atoms with Gasteiger partial charge in [-0.05, 0) is 50.0 Å². The summed E-state index contributed by atoms with van der Waals surface area (Å²) in [5, 5.41) is 3.50. The molecule has 1 amide bonds. The molecule has 1 aromatic rings. The minimum Gasteiger partial charge on any atom is -0.398 e. The van der Waals surface area contributed by atoms with Crippen molar-refractivity contribution in [3.8, 4) is 0 Å². The summed E-state index contributed by atoms with van der Waals surface area (Å²) >= 11 is 5.88. The van der Waals surface area contributed by atoms with Crippen molar-refractivity contribution in [1.29, 1.82) is 0 Å². The Bertz CT molecular complexity index is 498. The monoisotopic (exact) mass is 309 g/mol. The molecular formula is C16H24ClN3O. The predicted molar refractivity (Wildman–Crippen MR) is 87.6 cm³/mol. The van der Waals surface area contributed by atoms with Gasteiger partial charge in [0, 0.05) is 18.2 Å². The summed E-state index contributed by atoms with van der Waals surface area (Å²) in [4.78, 5) is 14.7. The first kappa shape index (κ1) is 16.1. The number of likely N-dealkylation sites (tertiary alicyclic amines) is 1. The van der Waals surface area contributed by atoms with Gasteiger partial charge < -0.3 is 11.1 Å². The molecule has 1 aromatic carbocycles. The quantitative estimate of drug-likeness (QED) is 0.822. The zero-order valence-corrected chi connectivity index (χ0v) is 13.5. The highest BCUT2D eigenvalue weighted by atomic mass is 35.5. The number of amides is 1. The molecule has 0 bridgehead atoms. The first-order chi connectivity index (χ1) is 9.99. The van der Waals surface area contributed by atoms with Crippen LogP contribution in [0.5, 0.6) is 0 Å². The molecule has 0 radical (unpaired) electrons. The van der Waals surface area contributed by atoms with Crippen LogP contribution in [0.4, 0.5) is 5.69 Å². The second-order valence-electron chi connectivity index (χ2n) is 6.00. The molecule has 116 valence electrons. The number of nitrogens with zero attached hydrogens (tertiary/aromatic N) is 1. The molecule has 1 unspecified atom stereocenters. The third kappa shape index (κ3) is 4.11. The Morgan fingerprint density at radius 3 is 2.62 bits per heavy atom. The SMILES string of the molecule is CC(C)C(CNC(=O)c1ccc(Cl)c(N)c1)N1CCCC1. The van der Waals surface area contributed by atoms with Gasteiger partial charge in [0.15, 0.2) is 0 Å². The number of nitrogens with one attached hydrogen (secondary N) is 1. The Balaban J connectivity index is 1.96. The number of nitrogen functional groups attached to an aromatic ring is 1. The van der Waals surface area contributed by atoms with Gasteiger partial charge in [-0.2, -0.15) is 0 Å². The van der Waals surface area contributed by atoms with E-state index in [0.717, 1.165) is 13.1 Å². The van der Waals surface area contributed by atoms with Crippen molar-refractivity contribution in [2.24, 2.45) is 5.92 Å². The lowest BCUT2D eigenvalue weighted by atomic mass is 10.0. The molecule has 0 spiro atoms. The highest BCUT2D eigenvalue weighted by Gasteiger charge is 2.25. The standard InChI is InChI=1S/C16H24ClN3O/c1-11(2)15(20-7-3-4-8-20)10-19-16(21)12-5-6-13(17)14(18)9-12/h5-6,9,11,15H,3-4,7-8,10,18H2,1-2H3,(H,19,21). The molecule has 0 aromatic heterocycles. The Morgan fingerprint density at radius 2 is 2.05 bits per heavy atom. The van der Waals surface area contributed by atoms with Crippen molar-refractivity contribution in [2.45, 2.75) is 32.7 Å². The third-order valence-electron chi connectivity index (χ3n) is 4.11. The lowest BCUT2D eigenvalue weighted by Gasteiger charge is -2.31. The van der Waals surface area contributed by atoms with E-state index in [4.69, 9.17) is 17.3 Å². The zero-order valence-electron chi connectivity index (χ0n) is 12.7. The number of hydrogen-bond acceptors (Lipinski definition) is 3. The van der Waals surface area contributed by atoms with Gasteiger partial charge in [-0.1, -0.05) is 25.4 Å². The van der Waals surface area contributed by atoms with Gasteiger partial charge in [-0.25, -0.2) is 0 Å². The van der Waals surface area contributed by atoms with Crippen LogP contribution in [-0.2, 0) is 0 Å². The predicted octanol–water partition coefficient (Wildman–Crippen LogP) is 2.77. The summed E-state index contributed by atoms with van der Waals surface area (Å²) in [6, 6.07) is 5.37. The van der Waals surface area contributed by atoms with Gasteiger partial charge in [0.25, 0.3) is 5.91 Å². The molecule has 5 heteroatoms. The highest BCUT2D eigenvalue weighted by molar-refractivity contribution is 6.33. The fourth-order valence-electron chi connectivity index (χ4n) is 2.84. The maximum absolute atomic E-state index is 12.2. The molecule has 1 atom stereocenters. The second kappa shape index (κ2) is 7.14. The van der Waals surface area contributed by atoms with Crippen molar-refractivity contribution in [3.63, 3.8) is 0 Å². The number of rotatable bonds is 5. The van der Waals surface area contributed by atoms with Gasteiger partial charge in [0.1, 0.15) is 0 Å². The van der Waals surface area contributed by atoms with Gasteiger partial charge >= 0.3 is 0 Å². The lowest BCUT2D eigenvalue weighted by molar-refractivity contribution is 0.0927. The summed E-state index contributed by atoms with van der Waals surface area (Å²) in [6.45, 7) is 7.34. The van der Waals surface area contributed by atoms with E-state index < -0.39 is 0 Å². The van der Waals surface area contributed by atoms with E-state index in [1.165, 1.54) is 12.8 Å². The van der Waals surface area contributed by atoms with Crippen LogP contribution in [-0.4, -0.2) is 36.5 Å². The minimum atomic E-state index is -0.0942. The second-order valence-corrected chi connectivity index (χ2v) is 6.41. The van der Waals surface area contributed by atoms with Crippen LogP contribution in [0.3, 0.4) is 0 Å². The minimum absolute atomic E-state index is 0.0942. The number of benzene rings is 1. The van der Waals surface area contributed by atoms with E-state index in [1.807, 2.05) is 0 Å². The van der Waals surface area contributed by atoms with E-state index in [1.54, 1.807) is 18.2 Å². The fourth-order valence-corrected chi connectivity index (χ4v) is 2.96. The van der Waals surface area contributed by atoms with Gasteiger partial charge in [0.05, 0.1) is 10.7 Å². The van der Waals surface area contributed by atoms with Crippen molar-refractivity contribution >= 4 is 23.2 Å². The average molecular weight is 310 g/mol. The maximum atomic E-state index is 12.2. The van der Waals surface area contributed by atoms with Crippen molar-refractivity contribution in [3.05, 3.63) is 28.8 Å². The van der Waals surface area contributed by atoms with Crippen LogP contribution >= 0.6 is 11.6 Å². The van der Waals surface area contributed by atoms with Crippen LogP contribution in [0.25, 0.3) is 0 Å². The van der Waals surface area contributed by atoms with E-state index in [9.17, 15) is 4.79 Å². The molecule has 4 nitrogen and oxygen atoms in total. The number of nitrogens with two attached hydrogens (primary N) is 1. The van der Waals surface area contributed by atoms with E-state index >= 15 is 0 Å². The number of carbonyl (C=O) groups excluding carboxylic acids is 1. The number of hydrogen-bond donors (Lipinski definition) is 2. The molecule has 1 fully saturated rings. The average Bonchev–Trinajstić information content (AvgIpc) is 2.95. The molecule has 0 saturated carbocycles. The molecule has 2 rings (SSSR count). The van der Waals surface area contributed by atoms with E-state index in [2.05, 4.69) is 24.1 Å². The third-order valence-corrected chi connectivity index (χ3v) is 4.45. The molecular weight excluding hydrogens is 286 g/mol. The maximum Gasteiger partial charge on any atom is 0.251 e. The fraction of sp³-hybridized carbons (Fsp3) is 0.562. The molecule has 3 N–H and O–H groups in total. The first-order valence-electron chi connectivity index (χ1n) is 7.56. The lowest BCUT2D eigenvalue weighted by Crippen LogP contribution is -2.45. The summed E-state index contributed by atoms with van der Waals surface area (Å²) in [5.41, 5.74) is 6.73. The van der Waals surface area contributed by atoms with Crippen LogP contribution in [0.1, 0.15) is 37.0 Å². The van der Waals surface area contributed by atoms with Crippen LogP contribution in [0, 0.1) is 5.92 Å². The number of anilines is 1. The summed E-state index contributed by atoms with van der Waals surface area (Å²) in [5.74, 6) is 0.418. The molecule has 1 aliphatic heterocycles. The van der Waals surface area contributed by atoms with Gasteiger partial charge in [-0.15, -0.1) is 0 Å². The molecule has 21 heavy (non-hydrogen) atoms. The molecule has 1 aliphatic rings. The molecule has 1 heterocycles. The van der Waals surface area contributed by atoms with E-state index in [0.29, 0.717) is 34.8 Å². The normalized spacial score (nSPS) is 17.1. The first-order valence-corrected chi connectivity index (χ1v) is 7.94. The largest absolute Gasteiger partial charge is 0.398 e. The Labute approximate surface area is 131 Å². The van der Waals surface area contributed by atoms with E-state index in [-0.39, 0.29) is 5.91 Å². The highest BCUT2D eigenvalue weighted by Crippen LogP contribution is 2.20. The van der Waals surface area contributed by atoms with Gasteiger partial charge in [-0.3, -0.25) is 9.69 Å². The zero-order chi connectivity index (χ0) is 15.4. The number of halogens is 1. The van der Waals surface area contributed by atoms with Crippen molar-refractivity contribution in [1.82, 2.24) is 10.2 Å². The Hall–Kier alpha value is -1.26. The van der Waals surface area contributed by atoms with Crippen LogP contribution in [0.2, 0.25) is 5.02 Å². The molecule has 1 saturated heterocycles. The van der Waals surface area contributed by atoms with Crippen LogP contribution < -0.4 is 11.1 Å². The Morgan fingerprint density at radius 1 is 1.38 bits per heavy atom. The van der Waals surface area contributed by atoms with Gasteiger partial charge in [0.2, 0.25) is 0 Å². The summed E-state index contributed by atoms with van der Waals surface area (Å²) in [7, 11) is 0. The smallest absolute Gasteiger partial charge is 0.251 e. The van der Waals surface area contributed by atoms with Crippen molar-refractivity contribution < 1.29 is 4.79 Å². The summed E-state index contributed by atoms with van der Waals surface area (Å²) in [6.07, 6.45) is 2.51. The number of carbonyl (C=O) groups is 1. The topological polar surface area (TPSA) is 58.4 Å². The Kier molecular flexibility index (Phi) is 5.48. The molecule has 0 aliphatic carbocycles. The van der Waals surface area contributed by atoms with Crippen LogP contribution in [0.15, 0.2) is 18.2 Å². The summed E-state index contributed by atoms with van der Waals surface area (Å²) < 4.78 is 0. The van der Waals surface area contributed by atoms with Crippen molar-refractivity contribution in [2.75, 3.05) is 25.4 Å².